The zero-order valence-corrected chi connectivity index (χ0v) is 21.6. The molecule has 0 spiro atoms. The molecule has 0 saturated carbocycles. The SMILES string of the molecule is CC(=O)n1cc(C#Cc2cc(C(=O)Cc3ccc(CN4CCN(C)CC4)c(C(F)(F)F)c3)ccc2C)cn1. The fraction of sp³-hybridized carbons (Fsp3) is 0.345. The van der Waals surface area contributed by atoms with Crippen LogP contribution in [0.3, 0.4) is 0 Å². The van der Waals surface area contributed by atoms with Gasteiger partial charge in [-0.1, -0.05) is 36.1 Å². The molecule has 0 amide bonds. The summed E-state index contributed by atoms with van der Waals surface area (Å²) in [5.41, 5.74) is 2.23. The van der Waals surface area contributed by atoms with Crippen molar-refractivity contribution in [1.82, 2.24) is 19.6 Å². The molecule has 9 heteroatoms. The summed E-state index contributed by atoms with van der Waals surface area (Å²) >= 11 is 0. The highest BCUT2D eigenvalue weighted by Crippen LogP contribution is 2.34. The number of hydrogen-bond acceptors (Lipinski definition) is 5. The molecule has 2 heterocycles. The third-order valence-corrected chi connectivity index (χ3v) is 6.64. The minimum atomic E-state index is -4.51. The monoisotopic (exact) mass is 522 g/mol. The normalized spacial score (nSPS) is 14.7. The first-order valence-electron chi connectivity index (χ1n) is 12.3. The Morgan fingerprint density at radius 2 is 1.76 bits per heavy atom. The molecular weight excluding hydrogens is 493 g/mol. The first-order chi connectivity index (χ1) is 18.0. The molecule has 1 aliphatic heterocycles. The molecule has 0 N–H and O–H groups in total. The van der Waals surface area contributed by atoms with Crippen molar-refractivity contribution in [3.05, 3.63) is 87.7 Å². The number of benzene rings is 2. The van der Waals surface area contributed by atoms with E-state index in [0.717, 1.165) is 24.7 Å². The predicted molar refractivity (Wildman–Crippen MR) is 138 cm³/mol. The number of carbonyl (C=O) groups excluding carboxylic acids is 2. The van der Waals surface area contributed by atoms with E-state index >= 15 is 0 Å². The third-order valence-electron chi connectivity index (χ3n) is 6.64. The van der Waals surface area contributed by atoms with E-state index < -0.39 is 11.7 Å². The molecule has 6 nitrogen and oxygen atoms in total. The highest BCUT2D eigenvalue weighted by Gasteiger charge is 2.34. The Morgan fingerprint density at radius 1 is 1.03 bits per heavy atom. The minimum absolute atomic E-state index is 0.154. The van der Waals surface area contributed by atoms with Gasteiger partial charge in [-0.05, 0) is 42.8 Å². The summed E-state index contributed by atoms with van der Waals surface area (Å²) in [4.78, 5) is 28.6. The highest BCUT2D eigenvalue weighted by atomic mass is 19.4. The standard InChI is InChI=1S/C29H29F3N4O2/c1-20-4-7-25(16-24(20)8-6-23-17-33-36(18-23)21(2)37)28(38)15-22-5-9-26(27(14-22)29(30,31)32)19-35-12-10-34(3)11-13-35/h4-5,7,9,14,16-18H,10-13,15,19H2,1-3H3. The van der Waals surface area contributed by atoms with Crippen LogP contribution in [0.25, 0.3) is 0 Å². The first-order valence-corrected chi connectivity index (χ1v) is 12.3. The second-order valence-corrected chi connectivity index (χ2v) is 9.64. The molecule has 198 valence electrons. The Kier molecular flexibility index (Phi) is 8.14. The van der Waals surface area contributed by atoms with E-state index in [4.69, 9.17) is 0 Å². The number of carbonyl (C=O) groups is 2. The zero-order chi connectivity index (χ0) is 27.4. The van der Waals surface area contributed by atoms with Crippen LogP contribution in [0, 0.1) is 18.8 Å². The van der Waals surface area contributed by atoms with Crippen LogP contribution in [0.4, 0.5) is 13.2 Å². The average molecular weight is 523 g/mol. The largest absolute Gasteiger partial charge is 0.416 e. The van der Waals surface area contributed by atoms with Crippen LogP contribution in [0.2, 0.25) is 0 Å². The number of Topliss-reactive ketones (excluding diaryl/α,β-unsaturated/α-hetero) is 1. The van der Waals surface area contributed by atoms with Gasteiger partial charge in [-0.3, -0.25) is 14.5 Å². The molecule has 3 aromatic rings. The summed E-state index contributed by atoms with van der Waals surface area (Å²) in [6.07, 6.45) is -1.67. The molecular formula is C29H29F3N4O2. The Hall–Kier alpha value is -3.74. The molecule has 0 aliphatic carbocycles. The van der Waals surface area contributed by atoms with Crippen LogP contribution in [0.5, 0.6) is 0 Å². The lowest BCUT2D eigenvalue weighted by atomic mass is 9.96. The lowest BCUT2D eigenvalue weighted by molar-refractivity contribution is -0.138. The lowest BCUT2D eigenvalue weighted by Gasteiger charge is -2.33. The maximum absolute atomic E-state index is 13.9. The lowest BCUT2D eigenvalue weighted by Crippen LogP contribution is -2.44. The molecule has 0 radical (unpaired) electrons. The van der Waals surface area contributed by atoms with Crippen molar-refractivity contribution < 1.29 is 22.8 Å². The van der Waals surface area contributed by atoms with Crippen molar-refractivity contribution in [2.24, 2.45) is 0 Å². The van der Waals surface area contributed by atoms with Crippen LogP contribution in [0.1, 0.15) is 55.5 Å². The van der Waals surface area contributed by atoms with E-state index in [1.165, 1.54) is 30.1 Å². The summed E-state index contributed by atoms with van der Waals surface area (Å²) in [5, 5.41) is 3.93. The Labute approximate surface area is 220 Å². The van der Waals surface area contributed by atoms with Gasteiger partial charge >= 0.3 is 6.18 Å². The zero-order valence-electron chi connectivity index (χ0n) is 21.6. The number of aromatic nitrogens is 2. The number of ketones is 1. The average Bonchev–Trinajstić information content (AvgIpc) is 3.35. The summed E-state index contributed by atoms with van der Waals surface area (Å²) in [7, 11) is 2.00. The van der Waals surface area contributed by atoms with Gasteiger partial charge in [-0.15, -0.1) is 0 Å². The van der Waals surface area contributed by atoms with Gasteiger partial charge in [0, 0.05) is 63.4 Å². The van der Waals surface area contributed by atoms with E-state index in [2.05, 4.69) is 21.8 Å². The van der Waals surface area contributed by atoms with E-state index in [1.54, 1.807) is 24.3 Å². The van der Waals surface area contributed by atoms with Crippen LogP contribution in [-0.4, -0.2) is 64.5 Å². The van der Waals surface area contributed by atoms with E-state index in [9.17, 15) is 22.8 Å². The number of rotatable bonds is 5. The van der Waals surface area contributed by atoms with Gasteiger partial charge in [0.2, 0.25) is 5.91 Å². The summed E-state index contributed by atoms with van der Waals surface area (Å²) in [5.74, 6) is 5.40. The first kappa shape index (κ1) is 27.3. The summed E-state index contributed by atoms with van der Waals surface area (Å²) < 4.78 is 42.9. The summed E-state index contributed by atoms with van der Waals surface area (Å²) in [6, 6.07) is 9.27. The van der Waals surface area contributed by atoms with Crippen LogP contribution >= 0.6 is 0 Å². The quantitative estimate of drug-likeness (QED) is 0.366. The van der Waals surface area contributed by atoms with Crippen molar-refractivity contribution in [2.45, 2.75) is 33.0 Å². The second kappa shape index (κ2) is 11.3. The number of halogens is 3. The summed E-state index contributed by atoms with van der Waals surface area (Å²) in [6.45, 7) is 6.53. The van der Waals surface area contributed by atoms with E-state index in [0.29, 0.717) is 35.3 Å². The van der Waals surface area contributed by atoms with Gasteiger partial charge < -0.3 is 4.90 Å². The fourth-order valence-corrected chi connectivity index (χ4v) is 4.30. The maximum Gasteiger partial charge on any atom is 0.416 e. The predicted octanol–water partition coefficient (Wildman–Crippen LogP) is 4.44. The number of nitrogens with zero attached hydrogens (tertiary/aromatic N) is 4. The van der Waals surface area contributed by atoms with Crippen LogP contribution in [-0.2, 0) is 19.1 Å². The Bertz CT molecular complexity index is 1410. The molecule has 1 saturated heterocycles. The van der Waals surface area contributed by atoms with Crippen molar-refractivity contribution in [2.75, 3.05) is 33.2 Å². The van der Waals surface area contributed by atoms with Gasteiger partial charge in [0.05, 0.1) is 17.3 Å². The molecule has 1 aliphatic rings. The number of piperazine rings is 1. The highest BCUT2D eigenvalue weighted by molar-refractivity contribution is 5.98. The second-order valence-electron chi connectivity index (χ2n) is 9.64. The third kappa shape index (κ3) is 6.77. The van der Waals surface area contributed by atoms with Crippen LogP contribution < -0.4 is 0 Å². The number of likely N-dealkylation sites (N-methyl/N-ethyl adjacent to an activating group) is 1. The van der Waals surface area contributed by atoms with Gasteiger partial charge in [0.15, 0.2) is 5.78 Å². The molecule has 38 heavy (non-hydrogen) atoms. The van der Waals surface area contributed by atoms with Crippen molar-refractivity contribution in [3.63, 3.8) is 0 Å². The smallest absolute Gasteiger partial charge is 0.304 e. The molecule has 1 aromatic heterocycles. The molecule has 4 rings (SSSR count). The van der Waals surface area contributed by atoms with E-state index in [-0.39, 0.29) is 30.2 Å². The van der Waals surface area contributed by atoms with Gasteiger partial charge in [0.1, 0.15) is 0 Å². The van der Waals surface area contributed by atoms with Crippen molar-refractivity contribution in [1.29, 1.82) is 0 Å². The Morgan fingerprint density at radius 3 is 2.42 bits per heavy atom. The maximum atomic E-state index is 13.9. The van der Waals surface area contributed by atoms with E-state index in [1.807, 2.05) is 18.9 Å². The molecule has 0 unspecified atom stereocenters. The van der Waals surface area contributed by atoms with Crippen molar-refractivity contribution in [3.8, 4) is 11.8 Å². The molecule has 1 fully saturated rings. The van der Waals surface area contributed by atoms with Gasteiger partial charge in [-0.2, -0.15) is 18.3 Å². The van der Waals surface area contributed by atoms with Crippen LogP contribution in [0.15, 0.2) is 48.8 Å². The number of alkyl halides is 3. The number of aryl methyl sites for hydroxylation is 1. The topological polar surface area (TPSA) is 58.4 Å². The molecule has 2 aromatic carbocycles. The number of hydrogen-bond donors (Lipinski definition) is 0. The minimum Gasteiger partial charge on any atom is -0.304 e. The fourth-order valence-electron chi connectivity index (χ4n) is 4.30. The van der Waals surface area contributed by atoms with Gasteiger partial charge in [0.25, 0.3) is 0 Å². The Balaban J connectivity index is 1.52. The van der Waals surface area contributed by atoms with Gasteiger partial charge in [-0.25, -0.2) is 4.68 Å². The molecule has 0 atom stereocenters. The van der Waals surface area contributed by atoms with Crippen molar-refractivity contribution >= 4 is 11.7 Å². The molecule has 0 bridgehead atoms.